The number of para-hydroxylation sites is 1. The molecule has 270 valence electrons. The number of rotatable bonds is 4. The highest BCUT2D eigenvalue weighted by Crippen LogP contribution is 2.64. The number of anilines is 3. The van der Waals surface area contributed by atoms with Gasteiger partial charge in [0, 0.05) is 22.4 Å². The smallest absolute Gasteiger partial charge is 0.164 e. The van der Waals surface area contributed by atoms with Gasteiger partial charge >= 0.3 is 0 Å². The molecule has 12 rings (SSSR count). The first-order chi connectivity index (χ1) is 28.7. The molecule has 0 bridgehead atoms. The standard InChI is InChI=1S/C54H34N4/c1-4-16-35(17-5-1)51-55-52(36-18-6-2-7-19-36)57-53(56-51)41-28-29-44-43-26-14-15-27-45(43)54(46(44)32-41)47-30-37-20-10-12-22-39(37)33-49(47)58(42-24-8-3-9-25-42)50-34-40-23-13-11-21-38(40)31-48(50)54/h1-34H. The molecule has 10 aromatic rings. The molecule has 0 radical (unpaired) electrons. The van der Waals surface area contributed by atoms with Gasteiger partial charge in [-0.05, 0) is 97.4 Å². The van der Waals surface area contributed by atoms with Gasteiger partial charge in [-0.2, -0.15) is 0 Å². The van der Waals surface area contributed by atoms with Gasteiger partial charge < -0.3 is 4.90 Å². The number of nitrogens with zero attached hydrogens (tertiary/aromatic N) is 4. The third-order valence-electron chi connectivity index (χ3n) is 12.0. The zero-order valence-corrected chi connectivity index (χ0v) is 31.4. The maximum Gasteiger partial charge on any atom is 0.164 e. The molecule has 2 heterocycles. The first-order valence-corrected chi connectivity index (χ1v) is 19.8. The lowest BCUT2D eigenvalue weighted by Gasteiger charge is -2.45. The Morgan fingerprint density at radius 3 is 1.29 bits per heavy atom. The average Bonchev–Trinajstić information content (AvgIpc) is 3.59. The number of fused-ring (bicyclic) bond motifs is 11. The highest BCUT2D eigenvalue weighted by Gasteiger charge is 2.52. The van der Waals surface area contributed by atoms with E-state index in [1.165, 1.54) is 66.3 Å². The predicted octanol–water partition coefficient (Wildman–Crippen LogP) is 13.3. The molecule has 2 aliphatic rings. The molecular formula is C54H34N4. The van der Waals surface area contributed by atoms with E-state index in [2.05, 4.69) is 175 Å². The Balaban J connectivity index is 1.20. The van der Waals surface area contributed by atoms with E-state index in [1.54, 1.807) is 0 Å². The second kappa shape index (κ2) is 12.7. The van der Waals surface area contributed by atoms with Crippen LogP contribution in [-0.4, -0.2) is 15.0 Å². The van der Waals surface area contributed by atoms with Crippen molar-refractivity contribution in [1.82, 2.24) is 15.0 Å². The lowest BCUT2D eigenvalue weighted by atomic mass is 9.64. The summed E-state index contributed by atoms with van der Waals surface area (Å²) < 4.78 is 0. The van der Waals surface area contributed by atoms with Crippen molar-refractivity contribution in [1.29, 1.82) is 0 Å². The van der Waals surface area contributed by atoms with E-state index >= 15 is 0 Å². The second-order valence-electron chi connectivity index (χ2n) is 15.2. The second-order valence-corrected chi connectivity index (χ2v) is 15.2. The van der Waals surface area contributed by atoms with Crippen molar-refractivity contribution in [3.05, 3.63) is 229 Å². The van der Waals surface area contributed by atoms with Crippen molar-refractivity contribution in [3.63, 3.8) is 0 Å². The number of benzene rings is 9. The van der Waals surface area contributed by atoms with E-state index in [0.717, 1.165) is 22.4 Å². The van der Waals surface area contributed by atoms with Crippen molar-refractivity contribution >= 4 is 38.6 Å². The highest BCUT2D eigenvalue weighted by atomic mass is 15.2. The van der Waals surface area contributed by atoms with E-state index in [9.17, 15) is 0 Å². The summed E-state index contributed by atoms with van der Waals surface area (Å²) in [7, 11) is 0. The minimum atomic E-state index is -0.663. The summed E-state index contributed by atoms with van der Waals surface area (Å²) in [5.41, 5.74) is 13.1. The SMILES string of the molecule is c1ccc(-c2nc(-c3ccccc3)nc(-c3ccc4c(c3)C3(c5ccccc5-4)c4cc5ccccc5cc4N(c4ccccc4)c4cc5ccccc5cc43)n2)cc1. The Morgan fingerprint density at radius 1 is 0.310 bits per heavy atom. The molecule has 4 heteroatoms. The summed E-state index contributed by atoms with van der Waals surface area (Å²) >= 11 is 0. The van der Waals surface area contributed by atoms with Gasteiger partial charge in [-0.15, -0.1) is 0 Å². The van der Waals surface area contributed by atoms with E-state index in [1.807, 2.05) is 36.4 Å². The quantitative estimate of drug-likeness (QED) is 0.180. The van der Waals surface area contributed by atoms with Crippen LogP contribution < -0.4 is 4.90 Å². The summed E-state index contributed by atoms with van der Waals surface area (Å²) in [4.78, 5) is 17.9. The molecule has 0 unspecified atom stereocenters. The molecule has 1 aliphatic heterocycles. The van der Waals surface area contributed by atoms with Crippen molar-refractivity contribution in [2.45, 2.75) is 5.41 Å². The Labute approximate surface area is 336 Å². The van der Waals surface area contributed by atoms with Crippen molar-refractivity contribution in [2.75, 3.05) is 4.90 Å². The van der Waals surface area contributed by atoms with Crippen LogP contribution in [0.1, 0.15) is 22.3 Å². The van der Waals surface area contributed by atoms with Gasteiger partial charge in [-0.25, -0.2) is 15.0 Å². The molecule has 0 N–H and O–H groups in total. The van der Waals surface area contributed by atoms with Gasteiger partial charge in [0.2, 0.25) is 0 Å². The van der Waals surface area contributed by atoms with Crippen molar-refractivity contribution < 1.29 is 0 Å². The van der Waals surface area contributed by atoms with Crippen LogP contribution >= 0.6 is 0 Å². The molecule has 1 aromatic heterocycles. The van der Waals surface area contributed by atoms with Crippen molar-refractivity contribution in [2.24, 2.45) is 0 Å². The van der Waals surface area contributed by atoms with Crippen LogP contribution in [0.4, 0.5) is 17.1 Å². The molecule has 4 nitrogen and oxygen atoms in total. The van der Waals surface area contributed by atoms with Crippen LogP contribution in [0.2, 0.25) is 0 Å². The first kappa shape index (κ1) is 32.5. The fraction of sp³-hybridized carbons (Fsp3) is 0.0185. The van der Waals surface area contributed by atoms with Gasteiger partial charge in [-0.3, -0.25) is 0 Å². The molecule has 0 fully saturated rings. The van der Waals surface area contributed by atoms with Crippen LogP contribution in [0.3, 0.4) is 0 Å². The van der Waals surface area contributed by atoms with Gasteiger partial charge in [0.25, 0.3) is 0 Å². The normalized spacial score (nSPS) is 13.3. The topological polar surface area (TPSA) is 41.9 Å². The largest absolute Gasteiger partial charge is 0.310 e. The van der Waals surface area contributed by atoms with Gasteiger partial charge in [0.1, 0.15) is 0 Å². The summed E-state index contributed by atoms with van der Waals surface area (Å²) in [5.74, 6) is 1.93. The van der Waals surface area contributed by atoms with E-state index < -0.39 is 5.41 Å². The minimum absolute atomic E-state index is 0.640. The van der Waals surface area contributed by atoms with Crippen LogP contribution in [0.5, 0.6) is 0 Å². The molecular weight excluding hydrogens is 705 g/mol. The lowest BCUT2D eigenvalue weighted by Crippen LogP contribution is -2.36. The summed E-state index contributed by atoms with van der Waals surface area (Å²) in [6.45, 7) is 0. The number of aromatic nitrogens is 3. The molecule has 1 aliphatic carbocycles. The molecule has 1 spiro atoms. The molecule has 0 saturated heterocycles. The van der Waals surface area contributed by atoms with Crippen molar-refractivity contribution in [3.8, 4) is 45.3 Å². The molecule has 0 saturated carbocycles. The third-order valence-corrected chi connectivity index (χ3v) is 12.0. The molecule has 9 aromatic carbocycles. The highest BCUT2D eigenvalue weighted by molar-refractivity contribution is 6.03. The predicted molar refractivity (Wildman–Crippen MR) is 237 cm³/mol. The molecule has 0 amide bonds. The summed E-state index contributed by atoms with van der Waals surface area (Å²) in [6.07, 6.45) is 0. The fourth-order valence-electron chi connectivity index (χ4n) is 9.49. The van der Waals surface area contributed by atoms with Gasteiger partial charge in [-0.1, -0.05) is 164 Å². The zero-order valence-electron chi connectivity index (χ0n) is 31.4. The monoisotopic (exact) mass is 738 g/mol. The van der Waals surface area contributed by atoms with Crippen LogP contribution in [0.15, 0.2) is 206 Å². The Morgan fingerprint density at radius 2 is 0.741 bits per heavy atom. The van der Waals surface area contributed by atoms with Crippen LogP contribution in [0.25, 0.3) is 66.8 Å². The maximum atomic E-state index is 5.20. The minimum Gasteiger partial charge on any atom is -0.310 e. The van der Waals surface area contributed by atoms with Crippen LogP contribution in [0, 0.1) is 0 Å². The first-order valence-electron chi connectivity index (χ1n) is 19.8. The van der Waals surface area contributed by atoms with E-state index in [0.29, 0.717) is 17.5 Å². The zero-order chi connectivity index (χ0) is 38.2. The Bertz CT molecular complexity index is 3090. The number of hydrogen-bond donors (Lipinski definition) is 0. The molecule has 58 heavy (non-hydrogen) atoms. The number of hydrogen-bond acceptors (Lipinski definition) is 4. The third kappa shape index (κ3) is 4.79. The summed E-state index contributed by atoms with van der Waals surface area (Å²) in [6, 6.07) is 74.2. The van der Waals surface area contributed by atoms with E-state index in [4.69, 9.17) is 15.0 Å². The Hall–Kier alpha value is -7.69. The fourth-order valence-corrected chi connectivity index (χ4v) is 9.49. The Kier molecular flexibility index (Phi) is 7.11. The van der Waals surface area contributed by atoms with E-state index in [-0.39, 0.29) is 0 Å². The molecule has 0 atom stereocenters. The maximum absolute atomic E-state index is 5.20. The van der Waals surface area contributed by atoms with Crippen LogP contribution in [-0.2, 0) is 5.41 Å². The van der Waals surface area contributed by atoms with Gasteiger partial charge in [0.05, 0.1) is 16.8 Å². The summed E-state index contributed by atoms with van der Waals surface area (Å²) in [5, 5.41) is 4.82. The van der Waals surface area contributed by atoms with Gasteiger partial charge in [0.15, 0.2) is 17.5 Å². The average molecular weight is 739 g/mol. The lowest BCUT2D eigenvalue weighted by molar-refractivity contribution is 0.756.